The van der Waals surface area contributed by atoms with Gasteiger partial charge in [0.2, 0.25) is 5.91 Å². The molecule has 2 aromatic rings. The fraction of sp³-hybridized carbons (Fsp3) is 0.562. The summed E-state index contributed by atoms with van der Waals surface area (Å²) in [5.74, 6) is 0.691. The minimum atomic E-state index is -0.0212. The van der Waals surface area contributed by atoms with Crippen molar-refractivity contribution in [3.05, 3.63) is 59.7 Å². The van der Waals surface area contributed by atoms with Crippen molar-refractivity contribution in [3.8, 4) is 0 Å². The Morgan fingerprint density at radius 2 is 1.57 bits per heavy atom. The zero-order chi connectivity index (χ0) is 25.9. The average Bonchev–Trinajstić information content (AvgIpc) is 3.73. The van der Waals surface area contributed by atoms with Crippen LogP contribution in [-0.2, 0) is 11.2 Å². The minimum Gasteiger partial charge on any atom is -0.371 e. The van der Waals surface area contributed by atoms with Crippen LogP contribution < -0.4 is 15.5 Å². The van der Waals surface area contributed by atoms with Gasteiger partial charge in [-0.1, -0.05) is 75.8 Å². The normalized spacial score (nSPS) is 16.0. The second-order valence-corrected chi connectivity index (χ2v) is 11.0. The van der Waals surface area contributed by atoms with Crippen LogP contribution in [0.4, 0.5) is 11.4 Å². The zero-order valence-corrected chi connectivity index (χ0v) is 22.6. The first-order chi connectivity index (χ1) is 18.1. The third-order valence-electron chi connectivity index (χ3n) is 7.77. The van der Waals surface area contributed by atoms with Crippen LogP contribution in [-0.4, -0.2) is 30.9 Å². The summed E-state index contributed by atoms with van der Waals surface area (Å²) in [7, 11) is 0. The van der Waals surface area contributed by atoms with Crippen molar-refractivity contribution in [2.45, 2.75) is 96.4 Å². The molecule has 0 atom stereocenters. The Morgan fingerprint density at radius 3 is 2.27 bits per heavy atom. The Hall–Kier alpha value is -2.82. The van der Waals surface area contributed by atoms with Gasteiger partial charge in [0.05, 0.1) is 5.56 Å². The highest BCUT2D eigenvalue weighted by Crippen LogP contribution is 2.31. The zero-order valence-electron chi connectivity index (χ0n) is 22.6. The van der Waals surface area contributed by atoms with Crippen molar-refractivity contribution >= 4 is 23.2 Å². The van der Waals surface area contributed by atoms with Gasteiger partial charge in [-0.3, -0.25) is 9.59 Å². The number of carbonyl (C=O) groups excluding carboxylic acids is 2. The number of anilines is 2. The fourth-order valence-corrected chi connectivity index (χ4v) is 5.35. The van der Waals surface area contributed by atoms with E-state index in [2.05, 4.69) is 52.8 Å². The predicted octanol–water partition coefficient (Wildman–Crippen LogP) is 7.12. The number of benzene rings is 2. The summed E-state index contributed by atoms with van der Waals surface area (Å²) in [6.45, 7) is 4.13. The molecule has 1 heterocycles. The van der Waals surface area contributed by atoms with E-state index in [0.717, 1.165) is 69.4 Å². The highest BCUT2D eigenvalue weighted by Gasteiger charge is 2.27. The van der Waals surface area contributed by atoms with E-state index in [4.69, 9.17) is 0 Å². The lowest BCUT2D eigenvalue weighted by Crippen LogP contribution is -2.36. The molecule has 2 fully saturated rings. The van der Waals surface area contributed by atoms with Crippen LogP contribution in [0.5, 0.6) is 0 Å². The van der Waals surface area contributed by atoms with Gasteiger partial charge in [0.1, 0.15) is 0 Å². The van der Waals surface area contributed by atoms with Crippen LogP contribution in [0.15, 0.2) is 48.5 Å². The molecule has 0 unspecified atom stereocenters. The molecule has 1 aliphatic carbocycles. The van der Waals surface area contributed by atoms with Gasteiger partial charge in [-0.2, -0.15) is 0 Å². The van der Waals surface area contributed by atoms with Gasteiger partial charge < -0.3 is 15.5 Å². The Balaban J connectivity index is 1.32. The van der Waals surface area contributed by atoms with Crippen molar-refractivity contribution in [1.29, 1.82) is 0 Å². The number of unbranched alkanes of at least 4 members (excludes halogenated alkanes) is 6. The summed E-state index contributed by atoms with van der Waals surface area (Å²) in [5.41, 5.74) is 3.79. The highest BCUT2D eigenvalue weighted by atomic mass is 16.2. The smallest absolute Gasteiger partial charge is 0.253 e. The van der Waals surface area contributed by atoms with Gasteiger partial charge in [-0.25, -0.2) is 0 Å². The lowest BCUT2D eigenvalue weighted by Gasteiger charge is -2.35. The van der Waals surface area contributed by atoms with Crippen LogP contribution in [0.25, 0.3) is 0 Å². The molecule has 0 aromatic heterocycles. The maximum absolute atomic E-state index is 13.2. The Bertz CT molecular complexity index is 994. The van der Waals surface area contributed by atoms with Crippen LogP contribution >= 0.6 is 0 Å². The molecular weight excluding hydrogens is 458 g/mol. The van der Waals surface area contributed by atoms with E-state index in [0.29, 0.717) is 23.9 Å². The third-order valence-corrected chi connectivity index (χ3v) is 7.77. The molecule has 1 saturated heterocycles. The maximum Gasteiger partial charge on any atom is 0.253 e. The molecule has 2 amide bonds. The van der Waals surface area contributed by atoms with Crippen LogP contribution in [0.2, 0.25) is 0 Å². The lowest BCUT2D eigenvalue weighted by atomic mass is 9.89. The summed E-state index contributed by atoms with van der Waals surface area (Å²) in [5, 5.41) is 6.20. The quantitative estimate of drug-likeness (QED) is 0.270. The SMILES string of the molecule is CCCCCCCCCC(=O)Nc1ccc(N2CCC(Cc3ccccc3)CC2)c(C(=O)NC2CC2)c1. The van der Waals surface area contributed by atoms with E-state index in [1.54, 1.807) is 0 Å². The Morgan fingerprint density at radius 1 is 0.865 bits per heavy atom. The molecule has 2 aliphatic rings. The standard InChI is InChI=1S/C32H45N3O2/c1-2-3-4-5-6-7-11-14-31(36)33-28-17-18-30(29(24-28)32(37)34-27-15-16-27)35-21-19-26(20-22-35)23-25-12-9-8-10-13-25/h8-10,12-13,17-18,24,26-27H,2-7,11,14-16,19-23H2,1H3,(H,33,36)(H,34,37). The van der Waals surface area contributed by atoms with Gasteiger partial charge >= 0.3 is 0 Å². The number of carbonyl (C=O) groups is 2. The van der Waals surface area contributed by atoms with Gasteiger partial charge in [-0.15, -0.1) is 0 Å². The molecule has 2 N–H and O–H groups in total. The molecule has 2 aromatic carbocycles. The second kappa shape index (κ2) is 14.2. The number of amides is 2. The summed E-state index contributed by atoms with van der Waals surface area (Å²) in [4.78, 5) is 28.1. The number of rotatable bonds is 14. The second-order valence-electron chi connectivity index (χ2n) is 11.0. The average molecular weight is 504 g/mol. The first-order valence-electron chi connectivity index (χ1n) is 14.7. The first kappa shape index (κ1) is 27.2. The predicted molar refractivity (Wildman–Crippen MR) is 153 cm³/mol. The molecule has 37 heavy (non-hydrogen) atoms. The number of hydrogen-bond acceptors (Lipinski definition) is 3. The molecular formula is C32H45N3O2. The van der Waals surface area contributed by atoms with Crippen molar-refractivity contribution in [2.24, 2.45) is 5.92 Å². The summed E-state index contributed by atoms with van der Waals surface area (Å²) < 4.78 is 0. The largest absolute Gasteiger partial charge is 0.371 e. The molecule has 0 radical (unpaired) electrons. The van der Waals surface area contributed by atoms with Gasteiger partial charge in [0, 0.05) is 36.9 Å². The van der Waals surface area contributed by atoms with E-state index in [1.165, 1.54) is 37.7 Å². The van der Waals surface area contributed by atoms with Crippen molar-refractivity contribution in [2.75, 3.05) is 23.3 Å². The van der Waals surface area contributed by atoms with Crippen LogP contribution in [0.1, 0.15) is 99.9 Å². The molecule has 0 bridgehead atoms. The number of nitrogens with one attached hydrogen (secondary N) is 2. The van der Waals surface area contributed by atoms with Gasteiger partial charge in [-0.05, 0) is 68.2 Å². The molecule has 0 spiro atoms. The summed E-state index contributed by atoms with van der Waals surface area (Å²) in [6, 6.07) is 16.9. The van der Waals surface area contributed by atoms with Gasteiger partial charge in [0.25, 0.3) is 5.91 Å². The fourth-order valence-electron chi connectivity index (χ4n) is 5.35. The molecule has 200 valence electrons. The monoisotopic (exact) mass is 503 g/mol. The molecule has 5 nitrogen and oxygen atoms in total. The van der Waals surface area contributed by atoms with Crippen molar-refractivity contribution in [1.82, 2.24) is 5.32 Å². The van der Waals surface area contributed by atoms with E-state index in [9.17, 15) is 9.59 Å². The van der Waals surface area contributed by atoms with Crippen molar-refractivity contribution in [3.63, 3.8) is 0 Å². The number of piperidine rings is 1. The maximum atomic E-state index is 13.2. The van der Waals surface area contributed by atoms with E-state index in [1.807, 2.05) is 18.2 Å². The molecule has 4 rings (SSSR count). The summed E-state index contributed by atoms with van der Waals surface area (Å²) in [6.07, 6.45) is 14.4. The lowest BCUT2D eigenvalue weighted by molar-refractivity contribution is -0.116. The van der Waals surface area contributed by atoms with Crippen molar-refractivity contribution < 1.29 is 9.59 Å². The summed E-state index contributed by atoms with van der Waals surface area (Å²) >= 11 is 0. The molecule has 5 heteroatoms. The topological polar surface area (TPSA) is 61.4 Å². The number of hydrogen-bond donors (Lipinski definition) is 2. The first-order valence-corrected chi connectivity index (χ1v) is 14.7. The van der Waals surface area contributed by atoms with E-state index < -0.39 is 0 Å². The molecule has 1 aliphatic heterocycles. The van der Waals surface area contributed by atoms with Gasteiger partial charge in [0.15, 0.2) is 0 Å². The Labute approximate surface area is 223 Å². The Kier molecular flexibility index (Phi) is 10.5. The highest BCUT2D eigenvalue weighted by molar-refractivity contribution is 6.02. The number of nitrogens with zero attached hydrogens (tertiary/aromatic N) is 1. The van der Waals surface area contributed by atoms with Crippen LogP contribution in [0.3, 0.4) is 0 Å². The van der Waals surface area contributed by atoms with E-state index in [-0.39, 0.29) is 11.8 Å². The molecule has 1 saturated carbocycles. The van der Waals surface area contributed by atoms with Crippen LogP contribution in [0, 0.1) is 5.92 Å². The third kappa shape index (κ3) is 8.91. The van der Waals surface area contributed by atoms with E-state index >= 15 is 0 Å². The minimum absolute atomic E-state index is 0.0212.